The fourth-order valence-electron chi connectivity index (χ4n) is 5.14. The summed E-state index contributed by atoms with van der Waals surface area (Å²) in [5.41, 5.74) is 3.78. The van der Waals surface area contributed by atoms with Crippen LogP contribution in [0.15, 0.2) is 89.7 Å². The lowest BCUT2D eigenvalue weighted by molar-refractivity contribution is 0.467. The number of aromatic hydroxyl groups is 1. The largest absolute Gasteiger partial charge is 0.506 e. The predicted molar refractivity (Wildman–Crippen MR) is 164 cm³/mol. The average molecular weight is 717 g/mol. The van der Waals surface area contributed by atoms with Crippen LogP contribution >= 0.6 is 47.8 Å². The van der Waals surface area contributed by atoms with E-state index in [0.717, 1.165) is 0 Å². The number of hydrogen-bond donors (Lipinski definition) is 1. The summed E-state index contributed by atoms with van der Waals surface area (Å²) < 4.78 is 8.30. The lowest BCUT2D eigenvalue weighted by Gasteiger charge is -2.21. The lowest BCUT2D eigenvalue weighted by Crippen LogP contribution is -2.26. The van der Waals surface area contributed by atoms with Crippen molar-refractivity contribution < 1.29 is 5.11 Å². The van der Waals surface area contributed by atoms with E-state index in [-0.39, 0.29) is 16.9 Å². The first kappa shape index (κ1) is 27.5. The zero-order valence-corrected chi connectivity index (χ0v) is 26.4. The number of nitrogens with zero attached hydrogens (tertiary/aromatic N) is 4. The fraction of sp³-hybridized carbons (Fsp3) is 0.172. The summed E-state index contributed by atoms with van der Waals surface area (Å²) in [4.78, 5) is 28.6. The molecule has 0 spiro atoms. The predicted octanol–water partition coefficient (Wildman–Crippen LogP) is 6.46. The number of aromatic nitrogens is 4. The van der Waals surface area contributed by atoms with E-state index >= 15 is 0 Å². The Labute approximate surface area is 250 Å². The van der Waals surface area contributed by atoms with Crippen LogP contribution in [0.3, 0.4) is 0 Å². The molecule has 5 aromatic rings. The van der Waals surface area contributed by atoms with Crippen molar-refractivity contribution in [2.45, 2.75) is 19.8 Å². The van der Waals surface area contributed by atoms with Crippen LogP contribution in [-0.2, 0) is 14.1 Å². The highest BCUT2D eigenvalue weighted by atomic mass is 79.9. The monoisotopic (exact) mass is 714 g/mol. The molecular weight excluding hydrogens is 692 g/mol. The number of rotatable bonds is 5. The molecule has 0 aliphatic heterocycles. The van der Waals surface area contributed by atoms with Crippen LogP contribution in [0.2, 0.25) is 0 Å². The Morgan fingerprint density at radius 1 is 0.667 bits per heavy atom. The molecule has 0 radical (unpaired) electrons. The quantitative estimate of drug-likeness (QED) is 0.227. The summed E-state index contributed by atoms with van der Waals surface area (Å²) in [6.45, 7) is 3.75. The lowest BCUT2D eigenvalue weighted by atomic mass is 9.85. The molecule has 0 amide bonds. The van der Waals surface area contributed by atoms with E-state index in [1.807, 2.05) is 88.6 Å². The van der Waals surface area contributed by atoms with Crippen LogP contribution in [0.4, 0.5) is 0 Å². The standard InChI is InChI=1S/C29H25Br3N4O3/c1-16-22(28(38)35(33(16)3)18-11-7-5-8-12-18)25(24-20(30)15-21(31)27(37)26(24)32)23-17(2)34(4)36(29(23)39)19-13-9-6-10-14-19/h5-15,25,37H,1-4H3. The molecule has 2 aromatic heterocycles. The molecule has 1 N–H and O–H groups in total. The van der Waals surface area contributed by atoms with E-state index in [0.29, 0.717) is 52.9 Å². The molecule has 39 heavy (non-hydrogen) atoms. The van der Waals surface area contributed by atoms with Gasteiger partial charge < -0.3 is 5.11 Å². The van der Waals surface area contributed by atoms with E-state index < -0.39 is 5.92 Å². The molecule has 0 bridgehead atoms. The minimum Gasteiger partial charge on any atom is -0.506 e. The van der Waals surface area contributed by atoms with Crippen molar-refractivity contribution in [1.82, 2.24) is 18.7 Å². The highest BCUT2D eigenvalue weighted by Crippen LogP contribution is 2.47. The molecule has 5 rings (SSSR count). The molecule has 200 valence electrons. The summed E-state index contributed by atoms with van der Waals surface area (Å²) >= 11 is 10.6. The Hall–Kier alpha value is -3.08. The third kappa shape index (κ3) is 4.38. The van der Waals surface area contributed by atoms with Gasteiger partial charge in [-0.05, 0) is 81.6 Å². The molecule has 2 heterocycles. The molecule has 3 aromatic carbocycles. The highest BCUT2D eigenvalue weighted by Gasteiger charge is 2.36. The van der Waals surface area contributed by atoms with Crippen molar-refractivity contribution in [3.63, 3.8) is 0 Å². The minimum absolute atomic E-state index is 0.0212. The van der Waals surface area contributed by atoms with Crippen molar-refractivity contribution in [2.24, 2.45) is 14.1 Å². The van der Waals surface area contributed by atoms with Gasteiger partial charge in [-0.25, -0.2) is 9.36 Å². The van der Waals surface area contributed by atoms with Crippen LogP contribution in [-0.4, -0.2) is 23.8 Å². The van der Waals surface area contributed by atoms with Gasteiger partial charge in [0, 0.05) is 30.0 Å². The fourth-order valence-corrected chi connectivity index (χ4v) is 7.71. The smallest absolute Gasteiger partial charge is 0.275 e. The summed E-state index contributed by atoms with van der Waals surface area (Å²) in [5.74, 6) is -0.827. The van der Waals surface area contributed by atoms with Gasteiger partial charge in [0.25, 0.3) is 11.1 Å². The molecule has 0 aliphatic carbocycles. The third-order valence-electron chi connectivity index (χ3n) is 7.24. The number of para-hydroxylation sites is 2. The van der Waals surface area contributed by atoms with Gasteiger partial charge in [0.2, 0.25) is 0 Å². The van der Waals surface area contributed by atoms with E-state index in [9.17, 15) is 14.7 Å². The highest BCUT2D eigenvalue weighted by molar-refractivity contribution is 9.11. The first-order chi connectivity index (χ1) is 18.6. The van der Waals surface area contributed by atoms with E-state index in [1.165, 1.54) is 0 Å². The van der Waals surface area contributed by atoms with Crippen molar-refractivity contribution >= 4 is 47.8 Å². The van der Waals surface area contributed by atoms with Gasteiger partial charge in [-0.1, -0.05) is 52.3 Å². The van der Waals surface area contributed by atoms with Gasteiger partial charge in [0.15, 0.2) is 0 Å². The molecule has 0 saturated heterocycles. The summed E-state index contributed by atoms with van der Waals surface area (Å²) in [7, 11) is 3.65. The van der Waals surface area contributed by atoms with Crippen LogP contribution in [0.1, 0.15) is 34.0 Å². The normalized spacial score (nSPS) is 11.5. The molecule has 10 heteroatoms. The second kappa shape index (κ2) is 10.5. The van der Waals surface area contributed by atoms with Crippen molar-refractivity contribution in [3.8, 4) is 17.1 Å². The maximum Gasteiger partial charge on any atom is 0.275 e. The Morgan fingerprint density at radius 2 is 1.08 bits per heavy atom. The van der Waals surface area contributed by atoms with Gasteiger partial charge in [-0.3, -0.25) is 19.0 Å². The Kier molecular flexibility index (Phi) is 7.39. The van der Waals surface area contributed by atoms with Crippen molar-refractivity contribution in [2.75, 3.05) is 0 Å². The zero-order chi connectivity index (χ0) is 28.2. The van der Waals surface area contributed by atoms with Crippen LogP contribution < -0.4 is 11.1 Å². The number of hydrogen-bond acceptors (Lipinski definition) is 3. The van der Waals surface area contributed by atoms with Gasteiger partial charge in [0.1, 0.15) is 5.75 Å². The second-order valence-electron chi connectivity index (χ2n) is 9.30. The van der Waals surface area contributed by atoms with E-state index in [1.54, 1.807) is 24.8 Å². The zero-order valence-electron chi connectivity index (χ0n) is 21.6. The molecular formula is C29H25Br3N4O3. The van der Waals surface area contributed by atoms with Crippen LogP contribution in [0, 0.1) is 13.8 Å². The summed E-state index contributed by atoms with van der Waals surface area (Å²) in [6, 6.07) is 20.5. The van der Waals surface area contributed by atoms with Crippen molar-refractivity contribution in [3.05, 3.63) is 129 Å². The summed E-state index contributed by atoms with van der Waals surface area (Å²) in [5, 5.41) is 10.9. The molecule has 0 saturated carbocycles. The SMILES string of the molecule is Cc1c(C(c2c(Br)cc(Br)c(O)c2Br)c2c(C)n(C)n(-c3ccccc3)c2=O)c(=O)n(-c2ccccc2)n1C. The van der Waals surface area contributed by atoms with Gasteiger partial charge >= 0.3 is 0 Å². The Balaban J connectivity index is 1.92. The maximum atomic E-state index is 14.3. The second-order valence-corrected chi connectivity index (χ2v) is 11.8. The first-order valence-corrected chi connectivity index (χ1v) is 14.5. The van der Waals surface area contributed by atoms with Crippen molar-refractivity contribution in [1.29, 1.82) is 0 Å². The molecule has 7 nitrogen and oxygen atoms in total. The molecule has 0 atom stereocenters. The first-order valence-electron chi connectivity index (χ1n) is 12.1. The number of phenols is 1. The number of phenolic OH excluding ortho intramolecular Hbond substituents is 1. The van der Waals surface area contributed by atoms with E-state index in [4.69, 9.17) is 0 Å². The maximum absolute atomic E-state index is 14.3. The van der Waals surface area contributed by atoms with Gasteiger partial charge in [-0.15, -0.1) is 0 Å². The topological polar surface area (TPSA) is 74.1 Å². The van der Waals surface area contributed by atoms with Gasteiger partial charge in [-0.2, -0.15) is 0 Å². The Morgan fingerprint density at radius 3 is 1.49 bits per heavy atom. The number of halogens is 3. The molecule has 0 fully saturated rings. The van der Waals surface area contributed by atoms with Crippen LogP contribution in [0.5, 0.6) is 5.75 Å². The van der Waals surface area contributed by atoms with E-state index in [2.05, 4.69) is 47.8 Å². The van der Waals surface area contributed by atoms with Crippen LogP contribution in [0.25, 0.3) is 11.4 Å². The average Bonchev–Trinajstić information content (AvgIpc) is 3.28. The minimum atomic E-state index is -0.805. The molecule has 0 unspecified atom stereocenters. The Bertz CT molecular complexity index is 1730. The third-order valence-corrected chi connectivity index (χ3v) is 9.31. The van der Waals surface area contributed by atoms with Gasteiger partial charge in [0.05, 0.1) is 37.4 Å². The molecule has 0 aliphatic rings. The summed E-state index contributed by atoms with van der Waals surface area (Å²) in [6.07, 6.45) is 0. The number of benzene rings is 3.